The summed E-state index contributed by atoms with van der Waals surface area (Å²) in [6, 6.07) is 11.7. The number of anilines is 1. The Balaban J connectivity index is 1.53. The zero-order chi connectivity index (χ0) is 22.8. The molecule has 0 fully saturated rings. The van der Waals surface area contributed by atoms with Gasteiger partial charge in [0, 0.05) is 32.9 Å². The molecule has 0 aliphatic heterocycles. The van der Waals surface area contributed by atoms with Crippen molar-refractivity contribution < 1.29 is 9.59 Å². The number of rotatable bonds is 6. The molecule has 0 atom stereocenters. The van der Waals surface area contributed by atoms with E-state index in [0.29, 0.717) is 27.0 Å². The molecule has 11 heteroatoms. The molecular weight excluding hydrogens is 473 g/mol. The van der Waals surface area contributed by atoms with Crippen molar-refractivity contribution in [1.29, 1.82) is 0 Å². The van der Waals surface area contributed by atoms with Crippen LogP contribution in [0.1, 0.15) is 20.9 Å². The van der Waals surface area contributed by atoms with E-state index < -0.39 is 23.9 Å². The fraction of sp³-hybridized carbons (Fsp3) is 0.0952. The molecule has 32 heavy (non-hydrogen) atoms. The molecule has 0 bridgehead atoms. The van der Waals surface area contributed by atoms with Gasteiger partial charge in [-0.15, -0.1) is 11.3 Å². The molecule has 162 valence electrons. The number of primary amides is 1. The third-order valence-electron chi connectivity index (χ3n) is 4.61. The molecule has 0 saturated heterocycles. The van der Waals surface area contributed by atoms with E-state index in [4.69, 9.17) is 28.9 Å². The lowest BCUT2D eigenvalue weighted by molar-refractivity contribution is -0.117. The van der Waals surface area contributed by atoms with Crippen LogP contribution in [0.2, 0.25) is 10.0 Å². The zero-order valence-electron chi connectivity index (χ0n) is 16.3. The number of amides is 2. The van der Waals surface area contributed by atoms with Crippen LogP contribution >= 0.6 is 34.5 Å². The minimum Gasteiger partial charge on any atom is -0.364 e. The summed E-state index contributed by atoms with van der Waals surface area (Å²) in [5.41, 5.74) is 5.57. The van der Waals surface area contributed by atoms with Gasteiger partial charge in [0.15, 0.2) is 10.8 Å². The molecule has 8 nitrogen and oxygen atoms in total. The van der Waals surface area contributed by atoms with Gasteiger partial charge in [0.2, 0.25) is 5.91 Å². The highest BCUT2D eigenvalue weighted by Crippen LogP contribution is 2.29. The SMILES string of the molecule is NC(=O)c1nn(CC(=O)Nc2ncc(Cc3c(Cl)cccc3Cl)s2)c(=O)c2ccccc12. The van der Waals surface area contributed by atoms with Crippen LogP contribution in [-0.4, -0.2) is 26.6 Å². The van der Waals surface area contributed by atoms with Crippen LogP contribution in [0.5, 0.6) is 0 Å². The van der Waals surface area contributed by atoms with E-state index in [1.54, 1.807) is 48.7 Å². The molecule has 0 unspecified atom stereocenters. The first-order valence-corrected chi connectivity index (χ1v) is 10.9. The maximum Gasteiger partial charge on any atom is 0.275 e. The molecule has 0 spiro atoms. The zero-order valence-corrected chi connectivity index (χ0v) is 18.7. The lowest BCUT2D eigenvalue weighted by atomic mass is 10.1. The van der Waals surface area contributed by atoms with Crippen LogP contribution in [0, 0.1) is 0 Å². The fourth-order valence-corrected chi connectivity index (χ4v) is 4.51. The monoisotopic (exact) mass is 487 g/mol. The van der Waals surface area contributed by atoms with Crippen LogP contribution in [0.3, 0.4) is 0 Å². The Morgan fingerprint density at radius 3 is 2.44 bits per heavy atom. The van der Waals surface area contributed by atoms with E-state index >= 15 is 0 Å². The molecule has 4 aromatic rings. The van der Waals surface area contributed by atoms with Gasteiger partial charge in [-0.05, 0) is 23.8 Å². The predicted octanol–water partition coefficient (Wildman–Crippen LogP) is 3.49. The number of aromatic nitrogens is 3. The van der Waals surface area contributed by atoms with Crippen molar-refractivity contribution in [2.45, 2.75) is 13.0 Å². The smallest absolute Gasteiger partial charge is 0.275 e. The number of carbonyl (C=O) groups excluding carboxylic acids is 2. The van der Waals surface area contributed by atoms with Crippen LogP contribution in [0.4, 0.5) is 5.13 Å². The maximum atomic E-state index is 12.7. The van der Waals surface area contributed by atoms with Crippen LogP contribution in [0.15, 0.2) is 53.5 Å². The number of carbonyl (C=O) groups is 2. The lowest BCUT2D eigenvalue weighted by Crippen LogP contribution is -2.32. The summed E-state index contributed by atoms with van der Waals surface area (Å²) in [6.45, 7) is -0.408. The molecule has 3 N–H and O–H groups in total. The number of thiazole rings is 1. The van der Waals surface area contributed by atoms with E-state index in [0.717, 1.165) is 15.1 Å². The van der Waals surface area contributed by atoms with Gasteiger partial charge in [-0.2, -0.15) is 5.10 Å². The van der Waals surface area contributed by atoms with Crippen molar-refractivity contribution in [3.63, 3.8) is 0 Å². The summed E-state index contributed by atoms with van der Waals surface area (Å²) in [4.78, 5) is 42.0. The first-order valence-electron chi connectivity index (χ1n) is 9.30. The lowest BCUT2D eigenvalue weighted by Gasteiger charge is -2.09. The summed E-state index contributed by atoms with van der Waals surface area (Å²) < 4.78 is 0.912. The summed E-state index contributed by atoms with van der Waals surface area (Å²) in [6.07, 6.45) is 2.07. The van der Waals surface area contributed by atoms with E-state index in [2.05, 4.69) is 15.4 Å². The second-order valence-corrected chi connectivity index (χ2v) is 8.71. The molecule has 4 rings (SSSR count). The van der Waals surface area contributed by atoms with Gasteiger partial charge in [0.1, 0.15) is 6.54 Å². The first-order chi connectivity index (χ1) is 15.3. The Morgan fingerprint density at radius 1 is 1.06 bits per heavy atom. The third kappa shape index (κ3) is 4.50. The van der Waals surface area contributed by atoms with Gasteiger partial charge in [-0.1, -0.05) is 47.5 Å². The van der Waals surface area contributed by atoms with Crippen molar-refractivity contribution in [3.8, 4) is 0 Å². The number of nitrogens with one attached hydrogen (secondary N) is 1. The van der Waals surface area contributed by atoms with Crippen molar-refractivity contribution in [2.24, 2.45) is 5.73 Å². The average molecular weight is 488 g/mol. The van der Waals surface area contributed by atoms with E-state index in [1.165, 1.54) is 11.3 Å². The molecule has 2 aromatic heterocycles. The van der Waals surface area contributed by atoms with E-state index in [-0.39, 0.29) is 11.1 Å². The highest BCUT2D eigenvalue weighted by molar-refractivity contribution is 7.15. The number of fused-ring (bicyclic) bond motifs is 1. The minimum absolute atomic E-state index is 0.0823. The van der Waals surface area contributed by atoms with Crippen LogP contribution in [-0.2, 0) is 17.8 Å². The number of halogens is 2. The highest BCUT2D eigenvalue weighted by Gasteiger charge is 2.17. The van der Waals surface area contributed by atoms with Crippen molar-refractivity contribution >= 4 is 62.3 Å². The number of hydrogen-bond donors (Lipinski definition) is 2. The summed E-state index contributed by atoms with van der Waals surface area (Å²) >= 11 is 13.7. The van der Waals surface area contributed by atoms with Gasteiger partial charge >= 0.3 is 0 Å². The molecule has 0 saturated carbocycles. The highest BCUT2D eigenvalue weighted by atomic mass is 35.5. The molecule has 0 aliphatic carbocycles. The Kier molecular flexibility index (Phi) is 6.22. The molecule has 0 aliphatic rings. The number of benzene rings is 2. The Morgan fingerprint density at radius 2 is 1.75 bits per heavy atom. The van der Waals surface area contributed by atoms with Gasteiger partial charge < -0.3 is 11.1 Å². The summed E-state index contributed by atoms with van der Waals surface area (Å²) in [7, 11) is 0. The first kappa shape index (κ1) is 21.9. The number of nitrogens with two attached hydrogens (primary N) is 1. The quantitative estimate of drug-likeness (QED) is 0.431. The molecular formula is C21H15Cl2N5O3S. The number of hydrogen-bond acceptors (Lipinski definition) is 6. The number of nitrogens with zero attached hydrogens (tertiary/aromatic N) is 3. The largest absolute Gasteiger partial charge is 0.364 e. The van der Waals surface area contributed by atoms with Gasteiger partial charge in [0.25, 0.3) is 11.5 Å². The Bertz CT molecular complexity index is 1400. The fourth-order valence-electron chi connectivity index (χ4n) is 3.14. The predicted molar refractivity (Wildman–Crippen MR) is 125 cm³/mol. The van der Waals surface area contributed by atoms with Gasteiger partial charge in [0.05, 0.1) is 5.39 Å². The second kappa shape index (κ2) is 9.07. The van der Waals surface area contributed by atoms with Gasteiger partial charge in [-0.25, -0.2) is 9.67 Å². The minimum atomic E-state index is -0.793. The van der Waals surface area contributed by atoms with E-state index in [9.17, 15) is 14.4 Å². The Hall–Kier alpha value is -3.27. The molecule has 2 amide bonds. The topological polar surface area (TPSA) is 120 Å². The third-order valence-corrected chi connectivity index (χ3v) is 6.23. The average Bonchev–Trinajstić information content (AvgIpc) is 3.19. The molecule has 2 aromatic carbocycles. The van der Waals surface area contributed by atoms with Crippen LogP contribution in [0.25, 0.3) is 10.8 Å². The molecule has 2 heterocycles. The van der Waals surface area contributed by atoms with Gasteiger partial charge in [-0.3, -0.25) is 14.4 Å². The van der Waals surface area contributed by atoms with Crippen LogP contribution < -0.4 is 16.6 Å². The second-order valence-electron chi connectivity index (χ2n) is 6.78. The van der Waals surface area contributed by atoms with Crippen molar-refractivity contribution in [1.82, 2.24) is 14.8 Å². The van der Waals surface area contributed by atoms with Crippen molar-refractivity contribution in [3.05, 3.63) is 85.2 Å². The van der Waals surface area contributed by atoms with E-state index in [1.807, 2.05) is 0 Å². The normalized spacial score (nSPS) is 10.9. The molecule has 0 radical (unpaired) electrons. The maximum absolute atomic E-state index is 12.7. The summed E-state index contributed by atoms with van der Waals surface area (Å²) in [5, 5.41) is 8.64. The van der Waals surface area contributed by atoms with Crippen molar-refractivity contribution in [2.75, 3.05) is 5.32 Å². The standard InChI is InChI=1S/C21H15Cl2N5O3S/c22-15-6-3-7-16(23)14(15)8-11-9-25-21(32-11)26-17(29)10-28-20(31)13-5-2-1-4-12(13)18(27-28)19(24)30/h1-7,9H,8,10H2,(H2,24,30)(H,25,26,29). The summed E-state index contributed by atoms with van der Waals surface area (Å²) in [5.74, 6) is -1.32. The Labute approximate surface area is 195 Å².